The van der Waals surface area contributed by atoms with Crippen molar-refractivity contribution in [3.63, 3.8) is 0 Å². The minimum absolute atomic E-state index is 0.0856. The molecule has 4 heteroatoms. The zero-order valence-corrected chi connectivity index (χ0v) is 8.25. The van der Waals surface area contributed by atoms with Crippen molar-refractivity contribution in [1.29, 1.82) is 0 Å². The molecule has 4 nitrogen and oxygen atoms in total. The van der Waals surface area contributed by atoms with E-state index >= 15 is 0 Å². The number of carboxylic acid groups (broad SMARTS) is 1. The quantitative estimate of drug-likeness (QED) is 0.522. The number of hydrogen-bond donors (Lipinski definition) is 1. The van der Waals surface area contributed by atoms with Gasteiger partial charge in [0, 0.05) is 11.6 Å². The molecule has 0 radical (unpaired) electrons. The maximum Gasteiger partial charge on any atom is 0.334 e. The molecule has 0 aliphatic carbocycles. The van der Waals surface area contributed by atoms with Crippen molar-refractivity contribution < 1.29 is 19.4 Å². The molecule has 13 heavy (non-hydrogen) atoms. The Morgan fingerprint density at radius 2 is 1.77 bits per heavy atom. The summed E-state index contributed by atoms with van der Waals surface area (Å²) in [5.74, 6) is -1.75. The number of carbonyl (C=O) groups excluding carboxylic acids is 1. The third-order valence-corrected chi connectivity index (χ3v) is 1.06. The van der Waals surface area contributed by atoms with Gasteiger partial charge in [0.05, 0.1) is 0 Å². The van der Waals surface area contributed by atoms with Gasteiger partial charge in [0.2, 0.25) is 0 Å². The molecule has 0 aromatic carbocycles. The standard InChI is InChI=1S/C9H14O4/c1-6(5-7(10)11)8(12)13-9(2,3)4/h5H,1-4H3,(H,10,11)/b6-5+. The molecule has 1 N–H and O–H groups in total. The fourth-order valence-corrected chi connectivity index (χ4v) is 0.603. The Hall–Kier alpha value is -1.32. The number of aliphatic carboxylic acids is 1. The normalized spacial score (nSPS) is 12.5. The highest BCUT2D eigenvalue weighted by molar-refractivity contribution is 5.95. The van der Waals surface area contributed by atoms with Gasteiger partial charge in [0.15, 0.2) is 0 Å². The molecule has 0 atom stereocenters. The van der Waals surface area contributed by atoms with Gasteiger partial charge in [-0.3, -0.25) is 0 Å². The van der Waals surface area contributed by atoms with Crippen LogP contribution in [-0.4, -0.2) is 22.6 Å². The number of carbonyl (C=O) groups is 2. The van der Waals surface area contributed by atoms with Gasteiger partial charge in [-0.1, -0.05) is 0 Å². The van der Waals surface area contributed by atoms with Gasteiger partial charge in [-0.05, 0) is 27.7 Å². The Labute approximate surface area is 77.2 Å². The molecular weight excluding hydrogens is 172 g/mol. The molecule has 0 saturated carbocycles. The van der Waals surface area contributed by atoms with Crippen molar-refractivity contribution in [1.82, 2.24) is 0 Å². The van der Waals surface area contributed by atoms with Crippen molar-refractivity contribution >= 4 is 11.9 Å². The second kappa shape index (κ2) is 4.07. The zero-order chi connectivity index (χ0) is 10.6. The van der Waals surface area contributed by atoms with E-state index in [4.69, 9.17) is 9.84 Å². The average Bonchev–Trinajstić information content (AvgIpc) is 1.81. The van der Waals surface area contributed by atoms with Crippen LogP contribution in [0.2, 0.25) is 0 Å². The fourth-order valence-electron chi connectivity index (χ4n) is 0.603. The first-order chi connectivity index (χ1) is 5.72. The molecule has 0 aliphatic heterocycles. The van der Waals surface area contributed by atoms with E-state index in [0.717, 1.165) is 6.08 Å². The predicted molar refractivity (Wildman–Crippen MR) is 47.2 cm³/mol. The predicted octanol–water partition coefficient (Wildman–Crippen LogP) is 1.36. The Balaban J connectivity index is 4.37. The Morgan fingerprint density at radius 1 is 1.31 bits per heavy atom. The van der Waals surface area contributed by atoms with Crippen LogP contribution in [0.15, 0.2) is 11.6 Å². The third kappa shape index (κ3) is 5.90. The summed E-state index contributed by atoms with van der Waals surface area (Å²) in [7, 11) is 0. The number of esters is 1. The number of carboxylic acids is 1. The highest BCUT2D eigenvalue weighted by atomic mass is 16.6. The topological polar surface area (TPSA) is 63.6 Å². The molecular formula is C9H14O4. The summed E-state index contributed by atoms with van der Waals surface area (Å²) in [5, 5.41) is 8.35. The number of hydrogen-bond acceptors (Lipinski definition) is 3. The smallest absolute Gasteiger partial charge is 0.334 e. The lowest BCUT2D eigenvalue weighted by Crippen LogP contribution is -2.24. The first-order valence-electron chi connectivity index (χ1n) is 3.87. The SMILES string of the molecule is C/C(=C\C(=O)O)C(=O)OC(C)(C)C. The molecule has 0 heterocycles. The van der Waals surface area contributed by atoms with Gasteiger partial charge in [-0.15, -0.1) is 0 Å². The van der Waals surface area contributed by atoms with Crippen molar-refractivity contribution in [2.75, 3.05) is 0 Å². The minimum atomic E-state index is -1.15. The van der Waals surface area contributed by atoms with Crippen molar-refractivity contribution in [3.05, 3.63) is 11.6 Å². The minimum Gasteiger partial charge on any atom is -0.478 e. The molecule has 0 spiro atoms. The lowest BCUT2D eigenvalue weighted by atomic mass is 10.2. The molecule has 0 aromatic rings. The summed E-state index contributed by atoms with van der Waals surface area (Å²) in [5.41, 5.74) is -0.507. The van der Waals surface area contributed by atoms with Gasteiger partial charge < -0.3 is 9.84 Å². The molecule has 0 rings (SSSR count). The third-order valence-electron chi connectivity index (χ3n) is 1.06. The summed E-state index contributed by atoms with van der Waals surface area (Å²) >= 11 is 0. The van der Waals surface area contributed by atoms with Crippen LogP contribution in [0.3, 0.4) is 0 Å². The van der Waals surface area contributed by atoms with Gasteiger partial charge >= 0.3 is 11.9 Å². The van der Waals surface area contributed by atoms with E-state index in [0.29, 0.717) is 0 Å². The lowest BCUT2D eigenvalue weighted by Gasteiger charge is -2.19. The van der Waals surface area contributed by atoms with Crippen LogP contribution in [0.5, 0.6) is 0 Å². The summed E-state index contributed by atoms with van der Waals surface area (Å²) in [6.45, 7) is 6.57. The molecule has 0 fully saturated rings. The second-order valence-corrected chi connectivity index (χ2v) is 3.67. The number of ether oxygens (including phenoxy) is 1. The van der Waals surface area contributed by atoms with Crippen molar-refractivity contribution in [2.45, 2.75) is 33.3 Å². The van der Waals surface area contributed by atoms with Crippen molar-refractivity contribution in [3.8, 4) is 0 Å². The monoisotopic (exact) mass is 186 g/mol. The fraction of sp³-hybridized carbons (Fsp3) is 0.556. The maximum atomic E-state index is 11.1. The highest BCUT2D eigenvalue weighted by Gasteiger charge is 2.17. The van der Waals surface area contributed by atoms with Crippen LogP contribution in [0, 0.1) is 0 Å². The molecule has 0 saturated heterocycles. The van der Waals surface area contributed by atoms with E-state index in [9.17, 15) is 9.59 Å². The average molecular weight is 186 g/mol. The molecule has 0 unspecified atom stereocenters. The Morgan fingerprint density at radius 3 is 2.08 bits per heavy atom. The van der Waals surface area contributed by atoms with E-state index in [1.807, 2.05) is 0 Å². The molecule has 74 valence electrons. The Bertz CT molecular complexity index is 245. The Kier molecular flexibility index (Phi) is 3.66. The summed E-state index contributed by atoms with van der Waals surface area (Å²) in [6, 6.07) is 0. The lowest BCUT2D eigenvalue weighted by molar-refractivity contribution is -0.150. The number of rotatable bonds is 2. The van der Waals surface area contributed by atoms with Crippen LogP contribution in [0.1, 0.15) is 27.7 Å². The van der Waals surface area contributed by atoms with E-state index in [1.54, 1.807) is 20.8 Å². The van der Waals surface area contributed by atoms with Crippen LogP contribution in [-0.2, 0) is 14.3 Å². The molecule has 0 bridgehead atoms. The van der Waals surface area contributed by atoms with Gasteiger partial charge in [-0.25, -0.2) is 9.59 Å². The van der Waals surface area contributed by atoms with Crippen LogP contribution >= 0.6 is 0 Å². The largest absolute Gasteiger partial charge is 0.478 e. The van der Waals surface area contributed by atoms with E-state index < -0.39 is 17.5 Å². The van der Waals surface area contributed by atoms with E-state index in [2.05, 4.69) is 0 Å². The first kappa shape index (κ1) is 11.7. The summed E-state index contributed by atoms with van der Waals surface area (Å²) < 4.78 is 4.93. The molecule has 0 aromatic heterocycles. The molecule has 0 amide bonds. The van der Waals surface area contributed by atoms with E-state index in [1.165, 1.54) is 6.92 Å². The highest BCUT2D eigenvalue weighted by Crippen LogP contribution is 2.10. The van der Waals surface area contributed by atoms with Gasteiger partial charge in [0.1, 0.15) is 5.60 Å². The first-order valence-corrected chi connectivity index (χ1v) is 3.87. The summed E-state index contributed by atoms with van der Waals surface area (Å²) in [6.07, 6.45) is 0.827. The van der Waals surface area contributed by atoms with Crippen molar-refractivity contribution in [2.24, 2.45) is 0 Å². The van der Waals surface area contributed by atoms with Crippen LogP contribution in [0.25, 0.3) is 0 Å². The van der Waals surface area contributed by atoms with E-state index in [-0.39, 0.29) is 5.57 Å². The van der Waals surface area contributed by atoms with Crippen LogP contribution < -0.4 is 0 Å². The maximum absolute atomic E-state index is 11.1. The van der Waals surface area contributed by atoms with Gasteiger partial charge in [-0.2, -0.15) is 0 Å². The van der Waals surface area contributed by atoms with Gasteiger partial charge in [0.25, 0.3) is 0 Å². The summed E-state index contributed by atoms with van der Waals surface area (Å²) in [4.78, 5) is 21.3. The zero-order valence-electron chi connectivity index (χ0n) is 8.25. The van der Waals surface area contributed by atoms with Crippen LogP contribution in [0.4, 0.5) is 0 Å². The second-order valence-electron chi connectivity index (χ2n) is 3.67. The molecule has 0 aliphatic rings.